The summed E-state index contributed by atoms with van der Waals surface area (Å²) in [5, 5.41) is 10.5. The maximum atomic E-state index is 12.1. The van der Waals surface area contributed by atoms with Crippen LogP contribution in [0.25, 0.3) is 0 Å². The molecular weight excluding hydrogens is 503 g/mol. The zero-order chi connectivity index (χ0) is 24.9. The molecule has 33 heavy (non-hydrogen) atoms. The molecule has 0 fully saturated rings. The van der Waals surface area contributed by atoms with E-state index in [4.69, 9.17) is 14.7 Å². The van der Waals surface area contributed by atoms with Crippen molar-refractivity contribution < 1.29 is 51.2 Å². The van der Waals surface area contributed by atoms with Gasteiger partial charge in [-0.15, -0.1) is 5.11 Å². The number of nitrogens with one attached hydrogen (secondary N) is 1. The highest BCUT2D eigenvalue weighted by atomic mass is 31.3. The molecule has 0 saturated carbocycles. The van der Waals surface area contributed by atoms with Crippen molar-refractivity contribution in [3.05, 3.63) is 53.6 Å². The molecule has 2 aromatic carbocycles. The maximum absolute atomic E-state index is 12.1. The van der Waals surface area contributed by atoms with Gasteiger partial charge in [0.25, 0.3) is 5.91 Å². The zero-order valence-corrected chi connectivity index (χ0v) is 19.8. The number of carbonyl (C=O) groups excluding carboxylic acids is 1. The first kappa shape index (κ1) is 27.2. The second kappa shape index (κ2) is 10.9. The molecule has 0 aliphatic heterocycles. The number of anilines is 1. The number of hydrogen-bond donors (Lipinski definition) is 5. The molecule has 0 aromatic heterocycles. The van der Waals surface area contributed by atoms with Crippen LogP contribution >= 0.6 is 23.5 Å². The van der Waals surface area contributed by atoms with Gasteiger partial charge in [-0.3, -0.25) is 9.32 Å². The summed E-state index contributed by atoms with van der Waals surface area (Å²) in [5.74, 6) is -0.981. The van der Waals surface area contributed by atoms with Gasteiger partial charge in [-0.2, -0.15) is 13.7 Å². The third-order valence-electron chi connectivity index (χ3n) is 3.72. The quantitative estimate of drug-likeness (QED) is 0.222. The van der Waals surface area contributed by atoms with E-state index in [1.165, 1.54) is 6.07 Å². The second-order valence-electron chi connectivity index (χ2n) is 6.40. The van der Waals surface area contributed by atoms with E-state index in [-0.39, 0.29) is 11.4 Å². The van der Waals surface area contributed by atoms with Gasteiger partial charge in [0.05, 0.1) is 11.4 Å². The van der Waals surface area contributed by atoms with Gasteiger partial charge >= 0.3 is 23.5 Å². The van der Waals surface area contributed by atoms with E-state index in [9.17, 15) is 23.4 Å². The summed E-state index contributed by atoms with van der Waals surface area (Å²) in [5.41, 5.74) is 3.09. The van der Waals surface area contributed by atoms with Crippen molar-refractivity contribution in [1.29, 1.82) is 0 Å². The number of azo groups is 1. The highest BCUT2D eigenvalue weighted by Crippen LogP contribution is 2.66. The number of carbonyl (C=O) groups is 1. The average molecular weight is 523 g/mol. The fourth-order valence-corrected chi connectivity index (χ4v) is 5.17. The Morgan fingerprint density at radius 1 is 0.909 bits per heavy atom. The summed E-state index contributed by atoms with van der Waals surface area (Å²) in [4.78, 5) is 47.5. The van der Waals surface area contributed by atoms with Crippen molar-refractivity contribution >= 4 is 46.4 Å². The number of rotatable bonds is 10. The Morgan fingerprint density at radius 2 is 1.58 bits per heavy atom. The van der Waals surface area contributed by atoms with E-state index in [0.717, 1.165) is 11.1 Å². The van der Waals surface area contributed by atoms with Crippen molar-refractivity contribution in [1.82, 2.24) is 0 Å². The minimum absolute atomic E-state index is 0.171. The molecular formula is C16H20N3O11P3. The van der Waals surface area contributed by atoms with Crippen molar-refractivity contribution in [3.63, 3.8) is 0 Å². The third kappa shape index (κ3) is 9.75. The fourth-order valence-electron chi connectivity index (χ4n) is 2.20. The maximum Gasteiger partial charge on any atom is 0.490 e. The number of benzene rings is 2. The summed E-state index contributed by atoms with van der Waals surface area (Å²) in [7, 11) is -16.6. The van der Waals surface area contributed by atoms with Crippen molar-refractivity contribution in [2.24, 2.45) is 10.2 Å². The Bertz CT molecular complexity index is 1200. The summed E-state index contributed by atoms with van der Waals surface area (Å²) in [6.45, 7) is 2.73. The number of para-hydroxylation sites is 1. The first-order valence-corrected chi connectivity index (χ1v) is 13.3. The van der Waals surface area contributed by atoms with E-state index in [1.54, 1.807) is 24.3 Å². The molecule has 1 amide bonds. The molecule has 0 bridgehead atoms. The molecule has 5 N–H and O–H groups in total. The highest BCUT2D eigenvalue weighted by Gasteiger charge is 2.40. The lowest BCUT2D eigenvalue weighted by molar-refractivity contribution is -0.118. The molecule has 0 aliphatic rings. The summed E-state index contributed by atoms with van der Waals surface area (Å²) < 4.78 is 44.9. The normalized spacial score (nSPS) is 15.7. The Morgan fingerprint density at radius 3 is 2.21 bits per heavy atom. The lowest BCUT2D eigenvalue weighted by atomic mass is 10.1. The second-order valence-corrected chi connectivity index (χ2v) is 10.8. The van der Waals surface area contributed by atoms with Crippen LogP contribution in [0.3, 0.4) is 0 Å². The van der Waals surface area contributed by atoms with Gasteiger partial charge in [0.15, 0.2) is 0 Å². The molecule has 0 radical (unpaired) electrons. The molecule has 0 aliphatic carbocycles. The van der Waals surface area contributed by atoms with Crippen molar-refractivity contribution in [2.45, 2.75) is 13.8 Å². The van der Waals surface area contributed by atoms with Crippen molar-refractivity contribution in [2.75, 3.05) is 11.9 Å². The first-order valence-electron chi connectivity index (χ1n) is 8.82. The molecule has 0 spiro atoms. The molecule has 0 heterocycles. The summed E-state index contributed by atoms with van der Waals surface area (Å²) in [6.07, 6.45) is 0. The lowest BCUT2D eigenvalue weighted by Gasteiger charge is -2.16. The van der Waals surface area contributed by atoms with Crippen LogP contribution < -0.4 is 5.32 Å². The average Bonchev–Trinajstić information content (AvgIpc) is 2.65. The number of amides is 1. The van der Waals surface area contributed by atoms with Crippen LogP contribution in [0.2, 0.25) is 0 Å². The first-order chi connectivity index (χ1) is 15.2. The summed E-state index contributed by atoms with van der Waals surface area (Å²) in [6, 6.07) is 11.7. The fraction of sp³-hybridized carbons (Fsp3) is 0.188. The highest BCUT2D eigenvalue weighted by molar-refractivity contribution is 7.66. The smallest absolute Gasteiger partial charge is 0.322 e. The molecule has 2 aromatic rings. The minimum atomic E-state index is -5.68. The predicted molar refractivity (Wildman–Crippen MR) is 115 cm³/mol. The van der Waals surface area contributed by atoms with Crippen LogP contribution in [0.1, 0.15) is 11.1 Å². The third-order valence-corrected chi connectivity index (χ3v) is 7.50. The predicted octanol–water partition coefficient (Wildman–Crippen LogP) is 4.00. The Labute approximate surface area is 187 Å². The molecule has 2 unspecified atom stereocenters. The van der Waals surface area contributed by atoms with E-state index in [2.05, 4.69) is 28.7 Å². The van der Waals surface area contributed by atoms with E-state index >= 15 is 0 Å². The van der Waals surface area contributed by atoms with Gasteiger partial charge < -0.3 is 24.9 Å². The number of hydrogen-bond acceptors (Lipinski definition) is 9. The van der Waals surface area contributed by atoms with Gasteiger partial charge in [-0.05, 0) is 49.2 Å². The van der Waals surface area contributed by atoms with E-state index < -0.39 is 36.0 Å². The van der Waals surface area contributed by atoms with E-state index in [0.29, 0.717) is 5.69 Å². The van der Waals surface area contributed by atoms with Gasteiger partial charge in [-0.25, -0.2) is 13.7 Å². The molecule has 2 atom stereocenters. The van der Waals surface area contributed by atoms with Crippen LogP contribution in [0, 0.1) is 13.8 Å². The van der Waals surface area contributed by atoms with Crippen LogP contribution in [-0.2, 0) is 31.6 Å². The van der Waals surface area contributed by atoms with Crippen LogP contribution in [0.4, 0.5) is 17.1 Å². The summed E-state index contributed by atoms with van der Waals surface area (Å²) >= 11 is 0. The van der Waals surface area contributed by atoms with Crippen LogP contribution in [-0.4, -0.2) is 32.1 Å². The SMILES string of the molecule is Cc1ccc(N=Nc2ccccc2NC(=O)COP(=O)(O)OP(=O)(O)OP(=O)(O)O)cc1C. The van der Waals surface area contributed by atoms with Crippen LogP contribution in [0.15, 0.2) is 52.7 Å². The monoisotopic (exact) mass is 523 g/mol. The van der Waals surface area contributed by atoms with Crippen molar-refractivity contribution in [3.8, 4) is 0 Å². The van der Waals surface area contributed by atoms with Gasteiger partial charge in [0.2, 0.25) is 0 Å². The number of aryl methyl sites for hydroxylation is 2. The van der Waals surface area contributed by atoms with Gasteiger partial charge in [-0.1, -0.05) is 18.2 Å². The van der Waals surface area contributed by atoms with Crippen LogP contribution in [0.5, 0.6) is 0 Å². The molecule has 14 nitrogen and oxygen atoms in total. The van der Waals surface area contributed by atoms with Gasteiger partial charge in [0.1, 0.15) is 12.3 Å². The number of nitrogens with zero attached hydrogens (tertiary/aromatic N) is 2. The molecule has 180 valence electrons. The molecule has 17 heteroatoms. The zero-order valence-electron chi connectivity index (χ0n) is 17.1. The Balaban J connectivity index is 2.02. The Hall–Kier alpha value is -2.08. The minimum Gasteiger partial charge on any atom is -0.322 e. The molecule has 2 rings (SSSR count). The Kier molecular flexibility index (Phi) is 8.97. The number of phosphoric acid groups is 3. The topological polar surface area (TPSA) is 214 Å². The van der Waals surface area contributed by atoms with E-state index in [1.807, 2.05) is 26.0 Å². The van der Waals surface area contributed by atoms with Gasteiger partial charge in [0, 0.05) is 0 Å². The number of phosphoric ester groups is 1. The lowest BCUT2D eigenvalue weighted by Crippen LogP contribution is -2.17. The largest absolute Gasteiger partial charge is 0.490 e. The molecule has 0 saturated heterocycles. The standard InChI is InChI=1S/C16H20N3O11P3/c1-11-7-8-13(9-12(11)2)18-19-15-6-4-3-5-14(15)17-16(20)10-28-32(24,25)30-33(26,27)29-31(21,22)23/h3-9H,10H2,1-2H3,(H,17,20)(H,24,25)(H,26,27)(H2,21,22,23).